The van der Waals surface area contributed by atoms with Crippen LogP contribution in [0, 0.1) is 16.7 Å². The number of rotatable bonds is 16. The second kappa shape index (κ2) is 10.1. The number of hydrogen-bond donors (Lipinski definition) is 0. The van der Waals surface area contributed by atoms with Gasteiger partial charge in [0.2, 0.25) is 0 Å². The van der Waals surface area contributed by atoms with Crippen molar-refractivity contribution in [3.05, 3.63) is 63.3 Å². The smallest absolute Gasteiger partial charge is 0.0747 e. The molecule has 0 aromatic heterocycles. The monoisotopic (exact) mass is 550 g/mol. The Morgan fingerprint density at radius 2 is 0.700 bits per heavy atom. The maximum Gasteiger partial charge on any atom is 0.0747 e. The summed E-state index contributed by atoms with van der Waals surface area (Å²) < 4.78 is 34.1. The van der Waals surface area contributed by atoms with Crippen LogP contribution in [-0.2, 0) is 23.7 Å². The summed E-state index contributed by atoms with van der Waals surface area (Å²) in [5, 5.41) is 0. The molecule has 8 saturated carbocycles. The molecule has 8 fully saturated rings. The highest BCUT2D eigenvalue weighted by Crippen LogP contribution is 2.79. The summed E-state index contributed by atoms with van der Waals surface area (Å²) in [6.45, 7) is 22.7. The predicted octanol–water partition coefficient (Wildman–Crippen LogP) is 7.05. The maximum absolute atomic E-state index is 6.85. The van der Waals surface area contributed by atoms with E-state index in [9.17, 15) is 0 Å². The van der Waals surface area contributed by atoms with Crippen LogP contribution in [0.15, 0.2) is 63.3 Å². The molecule has 220 valence electrons. The van der Waals surface area contributed by atoms with Gasteiger partial charge in [-0.15, -0.1) is 32.9 Å². The SMILES string of the molecule is C=CCOC12CC3CC(OCC=C)(C1)CC(C14CC5(OCC=C)CC(OCC=C)(CC(OCC=C)(C5)C1)C4)(C3)C2. The van der Waals surface area contributed by atoms with Gasteiger partial charge in [0.05, 0.1) is 61.0 Å². The summed E-state index contributed by atoms with van der Waals surface area (Å²) in [4.78, 5) is 0. The van der Waals surface area contributed by atoms with E-state index in [1.807, 2.05) is 30.4 Å². The highest BCUT2D eigenvalue weighted by Gasteiger charge is 2.78. The van der Waals surface area contributed by atoms with Crippen LogP contribution in [0.25, 0.3) is 0 Å². The summed E-state index contributed by atoms with van der Waals surface area (Å²) in [7, 11) is 0. The van der Waals surface area contributed by atoms with Gasteiger partial charge in [-0.1, -0.05) is 30.4 Å². The van der Waals surface area contributed by atoms with Crippen LogP contribution < -0.4 is 0 Å². The molecular formula is C35H50O5. The van der Waals surface area contributed by atoms with Crippen molar-refractivity contribution < 1.29 is 23.7 Å². The Hall–Kier alpha value is -1.50. The average Bonchev–Trinajstić information content (AvgIpc) is 2.90. The van der Waals surface area contributed by atoms with Gasteiger partial charge in [0.15, 0.2) is 0 Å². The van der Waals surface area contributed by atoms with E-state index in [2.05, 4.69) is 32.9 Å². The van der Waals surface area contributed by atoms with Gasteiger partial charge < -0.3 is 23.7 Å². The van der Waals surface area contributed by atoms with Crippen molar-refractivity contribution in [2.24, 2.45) is 16.7 Å². The normalized spacial score (nSPS) is 47.8. The van der Waals surface area contributed by atoms with E-state index >= 15 is 0 Å². The average molecular weight is 551 g/mol. The molecule has 0 aromatic carbocycles. The Labute approximate surface area is 241 Å². The quantitative estimate of drug-likeness (QED) is 0.193. The Bertz CT molecular complexity index is 939. The molecule has 0 N–H and O–H groups in total. The molecule has 0 aromatic rings. The lowest BCUT2D eigenvalue weighted by Gasteiger charge is -2.77. The first kappa shape index (κ1) is 28.6. The van der Waals surface area contributed by atoms with Crippen molar-refractivity contribution in [2.75, 3.05) is 33.0 Å². The van der Waals surface area contributed by atoms with Crippen molar-refractivity contribution >= 4 is 0 Å². The van der Waals surface area contributed by atoms with Gasteiger partial charge in [0, 0.05) is 25.7 Å². The van der Waals surface area contributed by atoms with E-state index in [1.54, 1.807) is 0 Å². The summed E-state index contributed by atoms with van der Waals surface area (Å²) >= 11 is 0. The van der Waals surface area contributed by atoms with Gasteiger partial charge in [-0.05, 0) is 68.1 Å². The van der Waals surface area contributed by atoms with Gasteiger partial charge >= 0.3 is 0 Å². The molecule has 8 rings (SSSR count). The third-order valence-electron chi connectivity index (χ3n) is 11.5. The van der Waals surface area contributed by atoms with Crippen LogP contribution in [0.5, 0.6) is 0 Å². The summed E-state index contributed by atoms with van der Waals surface area (Å²) in [6.07, 6.45) is 21.8. The molecule has 0 radical (unpaired) electrons. The zero-order valence-electron chi connectivity index (χ0n) is 24.6. The summed E-state index contributed by atoms with van der Waals surface area (Å²) in [5.41, 5.74) is -1.23. The zero-order valence-corrected chi connectivity index (χ0v) is 24.6. The van der Waals surface area contributed by atoms with E-state index in [0.717, 1.165) is 70.6 Å². The van der Waals surface area contributed by atoms with Crippen molar-refractivity contribution in [2.45, 2.75) is 105 Å². The first-order valence-electron chi connectivity index (χ1n) is 15.4. The van der Waals surface area contributed by atoms with Gasteiger partial charge in [0.1, 0.15) is 0 Å². The van der Waals surface area contributed by atoms with Crippen LogP contribution in [0.4, 0.5) is 0 Å². The molecule has 8 aliphatic carbocycles. The van der Waals surface area contributed by atoms with Crippen LogP contribution >= 0.6 is 0 Å². The molecule has 0 heterocycles. The van der Waals surface area contributed by atoms with Crippen LogP contribution in [0.1, 0.15) is 77.0 Å². The fourth-order valence-electron chi connectivity index (χ4n) is 11.7. The number of hydrogen-bond acceptors (Lipinski definition) is 5. The summed E-state index contributed by atoms with van der Waals surface area (Å²) in [6, 6.07) is 0. The van der Waals surface area contributed by atoms with Crippen molar-refractivity contribution in [3.8, 4) is 0 Å². The fourth-order valence-corrected chi connectivity index (χ4v) is 11.7. The molecule has 2 atom stereocenters. The Balaban J connectivity index is 1.48. The van der Waals surface area contributed by atoms with Crippen LogP contribution in [0.3, 0.4) is 0 Å². The standard InChI is InChI=1S/C35H50O5/c1-6-11-36-31-17-28-16-29(19-31,20-32(18-28,24-31)37-12-7-2)30-21-33(38-13-8-3)25-34(22-30,39-14-9-4)27-35(23-30,26-33)40-15-10-5/h6-10,28H,1-5,11-27H2. The van der Waals surface area contributed by atoms with Crippen molar-refractivity contribution in [3.63, 3.8) is 0 Å². The molecule has 5 heteroatoms. The van der Waals surface area contributed by atoms with E-state index in [1.165, 1.54) is 6.42 Å². The zero-order chi connectivity index (χ0) is 28.2. The maximum atomic E-state index is 6.85. The Kier molecular flexibility index (Phi) is 7.19. The fraction of sp³-hybridized carbons (Fsp3) is 0.714. The molecule has 0 spiro atoms. The second-order valence-electron chi connectivity index (χ2n) is 14.5. The molecule has 0 amide bonds. The number of ether oxygens (including phenoxy) is 5. The molecule has 8 bridgehead atoms. The van der Waals surface area contributed by atoms with Gasteiger partial charge in [-0.3, -0.25) is 0 Å². The van der Waals surface area contributed by atoms with E-state index < -0.39 is 0 Å². The molecule has 0 saturated heterocycles. The van der Waals surface area contributed by atoms with E-state index in [-0.39, 0.29) is 38.8 Å². The lowest BCUT2D eigenvalue weighted by atomic mass is 9.32. The first-order valence-corrected chi connectivity index (χ1v) is 15.4. The topological polar surface area (TPSA) is 46.2 Å². The largest absolute Gasteiger partial charge is 0.371 e. The van der Waals surface area contributed by atoms with Crippen molar-refractivity contribution in [1.82, 2.24) is 0 Å². The van der Waals surface area contributed by atoms with Gasteiger partial charge in [0.25, 0.3) is 0 Å². The highest BCUT2D eigenvalue weighted by atomic mass is 16.5. The molecule has 40 heavy (non-hydrogen) atoms. The minimum Gasteiger partial charge on any atom is -0.371 e. The van der Waals surface area contributed by atoms with Gasteiger partial charge in [-0.2, -0.15) is 0 Å². The van der Waals surface area contributed by atoms with Crippen molar-refractivity contribution in [1.29, 1.82) is 0 Å². The minimum absolute atomic E-state index is 0.00362. The molecule has 8 aliphatic rings. The Morgan fingerprint density at radius 3 is 1.05 bits per heavy atom. The van der Waals surface area contributed by atoms with Crippen LogP contribution in [0.2, 0.25) is 0 Å². The van der Waals surface area contributed by atoms with Crippen LogP contribution in [-0.4, -0.2) is 61.0 Å². The molecular weight excluding hydrogens is 500 g/mol. The third-order valence-corrected chi connectivity index (χ3v) is 11.5. The highest BCUT2D eigenvalue weighted by molar-refractivity contribution is 5.29. The van der Waals surface area contributed by atoms with E-state index in [4.69, 9.17) is 23.7 Å². The lowest BCUT2D eigenvalue weighted by Crippen LogP contribution is -2.77. The molecule has 0 aliphatic heterocycles. The predicted molar refractivity (Wildman–Crippen MR) is 158 cm³/mol. The van der Waals surface area contributed by atoms with Gasteiger partial charge in [-0.25, -0.2) is 0 Å². The van der Waals surface area contributed by atoms with E-state index in [0.29, 0.717) is 39.0 Å². The third kappa shape index (κ3) is 4.46. The first-order chi connectivity index (χ1) is 19.2. The minimum atomic E-state index is -0.307. The molecule has 2 unspecified atom stereocenters. The second-order valence-corrected chi connectivity index (χ2v) is 14.5. The molecule has 5 nitrogen and oxygen atoms in total. The lowest BCUT2D eigenvalue weighted by molar-refractivity contribution is -0.358. The Morgan fingerprint density at radius 1 is 0.400 bits per heavy atom. The summed E-state index contributed by atoms with van der Waals surface area (Å²) in [5.74, 6) is 0.582.